The van der Waals surface area contributed by atoms with Crippen LogP contribution < -0.4 is 5.32 Å². The van der Waals surface area contributed by atoms with Crippen molar-refractivity contribution in [2.24, 2.45) is 0 Å². The van der Waals surface area contributed by atoms with Crippen LogP contribution in [0.5, 0.6) is 0 Å². The molecule has 5 heteroatoms. The van der Waals surface area contributed by atoms with Gasteiger partial charge < -0.3 is 9.84 Å². The topological polar surface area (TPSA) is 63.8 Å². The maximum absolute atomic E-state index is 4.62. The third-order valence-corrected chi connectivity index (χ3v) is 1.95. The van der Waals surface area contributed by atoms with Crippen molar-refractivity contribution in [2.45, 2.75) is 20.0 Å². The number of aromatic nitrogens is 3. The normalized spacial score (nSPS) is 10.5. The van der Waals surface area contributed by atoms with Crippen LogP contribution in [-0.2, 0) is 13.1 Å². The van der Waals surface area contributed by atoms with Crippen LogP contribution in [0.3, 0.4) is 0 Å². The van der Waals surface area contributed by atoms with Crippen molar-refractivity contribution in [3.05, 3.63) is 41.8 Å². The molecule has 2 rings (SSSR count). The first kappa shape index (κ1) is 9.79. The fourth-order valence-electron chi connectivity index (χ4n) is 1.30. The molecule has 0 saturated carbocycles. The first-order valence-electron chi connectivity index (χ1n) is 4.71. The highest BCUT2D eigenvalue weighted by atomic mass is 16.5. The van der Waals surface area contributed by atoms with Crippen LogP contribution in [0.2, 0.25) is 0 Å². The fraction of sp³-hybridized carbons (Fsp3) is 0.300. The lowest BCUT2D eigenvalue weighted by molar-refractivity contribution is 0.407. The van der Waals surface area contributed by atoms with E-state index in [2.05, 4.69) is 31.0 Å². The molecule has 2 aromatic rings. The summed E-state index contributed by atoms with van der Waals surface area (Å²) in [7, 11) is 0. The van der Waals surface area contributed by atoms with Crippen molar-refractivity contribution in [1.29, 1.82) is 0 Å². The van der Waals surface area contributed by atoms with Crippen molar-refractivity contribution < 1.29 is 4.52 Å². The Balaban J connectivity index is 1.83. The van der Waals surface area contributed by atoms with Gasteiger partial charge in [-0.25, -0.2) is 0 Å². The van der Waals surface area contributed by atoms with Crippen LogP contribution in [-0.4, -0.2) is 15.1 Å². The molecule has 78 valence electrons. The highest BCUT2D eigenvalue weighted by Crippen LogP contribution is 2.00. The molecule has 0 aliphatic carbocycles. The summed E-state index contributed by atoms with van der Waals surface area (Å²) in [6.07, 6.45) is 5.00. The second-order valence-electron chi connectivity index (χ2n) is 3.32. The summed E-state index contributed by atoms with van der Waals surface area (Å²) in [5.74, 6) is 0.663. The minimum atomic E-state index is 0.602. The van der Waals surface area contributed by atoms with E-state index in [0.29, 0.717) is 12.4 Å². The van der Waals surface area contributed by atoms with E-state index in [1.165, 1.54) is 6.39 Å². The van der Waals surface area contributed by atoms with Gasteiger partial charge in [-0.3, -0.25) is 4.98 Å². The van der Waals surface area contributed by atoms with E-state index in [9.17, 15) is 0 Å². The number of nitrogens with one attached hydrogen (secondary N) is 1. The minimum Gasteiger partial charge on any atom is -0.343 e. The predicted octanol–water partition coefficient (Wildman–Crippen LogP) is 1.06. The minimum absolute atomic E-state index is 0.602. The van der Waals surface area contributed by atoms with Crippen LogP contribution >= 0.6 is 0 Å². The van der Waals surface area contributed by atoms with Crippen LogP contribution in [0.1, 0.15) is 17.0 Å². The second-order valence-corrected chi connectivity index (χ2v) is 3.32. The Labute approximate surface area is 87.5 Å². The van der Waals surface area contributed by atoms with Crippen LogP contribution in [0.15, 0.2) is 29.4 Å². The molecule has 0 aromatic carbocycles. The standard InChI is InChI=1S/C10H12N4O/c1-8-2-9(4-11-3-8)5-12-6-10-13-7-15-14-10/h2-4,7,12H,5-6H2,1H3. The van der Waals surface area contributed by atoms with Gasteiger partial charge in [-0.15, -0.1) is 0 Å². The van der Waals surface area contributed by atoms with Crippen molar-refractivity contribution in [3.8, 4) is 0 Å². The Bertz CT molecular complexity index is 413. The Morgan fingerprint density at radius 1 is 1.33 bits per heavy atom. The van der Waals surface area contributed by atoms with Crippen LogP contribution in [0.25, 0.3) is 0 Å². The number of nitrogens with zero attached hydrogens (tertiary/aromatic N) is 3. The maximum Gasteiger partial charge on any atom is 0.213 e. The zero-order valence-electron chi connectivity index (χ0n) is 8.47. The Morgan fingerprint density at radius 2 is 2.27 bits per heavy atom. The largest absolute Gasteiger partial charge is 0.343 e. The molecule has 0 bridgehead atoms. The molecule has 0 aliphatic rings. The number of aryl methyl sites for hydroxylation is 1. The summed E-state index contributed by atoms with van der Waals surface area (Å²) < 4.78 is 4.62. The van der Waals surface area contributed by atoms with Gasteiger partial charge in [0.1, 0.15) is 0 Å². The molecule has 0 fully saturated rings. The lowest BCUT2D eigenvalue weighted by Gasteiger charge is -2.02. The summed E-state index contributed by atoms with van der Waals surface area (Å²) in [5.41, 5.74) is 2.31. The molecule has 0 radical (unpaired) electrons. The number of hydrogen-bond donors (Lipinski definition) is 1. The average molecular weight is 204 g/mol. The quantitative estimate of drug-likeness (QED) is 0.806. The van der Waals surface area contributed by atoms with Gasteiger partial charge in [0.15, 0.2) is 5.82 Å². The lowest BCUT2D eigenvalue weighted by Crippen LogP contribution is -2.13. The zero-order valence-corrected chi connectivity index (χ0v) is 8.47. The van der Waals surface area contributed by atoms with Gasteiger partial charge in [0, 0.05) is 18.9 Å². The van der Waals surface area contributed by atoms with Crippen molar-refractivity contribution in [1.82, 2.24) is 20.4 Å². The zero-order chi connectivity index (χ0) is 10.5. The first-order valence-corrected chi connectivity index (χ1v) is 4.71. The molecule has 0 aliphatic heterocycles. The highest BCUT2D eigenvalue weighted by molar-refractivity contribution is 5.16. The smallest absolute Gasteiger partial charge is 0.213 e. The molecule has 0 unspecified atom stereocenters. The summed E-state index contributed by atoms with van der Waals surface area (Å²) >= 11 is 0. The van der Waals surface area contributed by atoms with Gasteiger partial charge in [-0.05, 0) is 18.1 Å². The molecule has 0 atom stereocenters. The molecule has 2 heterocycles. The van der Waals surface area contributed by atoms with E-state index >= 15 is 0 Å². The fourth-order valence-corrected chi connectivity index (χ4v) is 1.30. The molecular formula is C10H12N4O. The van der Waals surface area contributed by atoms with Crippen molar-refractivity contribution in [2.75, 3.05) is 0 Å². The molecule has 15 heavy (non-hydrogen) atoms. The van der Waals surface area contributed by atoms with E-state index in [1.807, 2.05) is 19.3 Å². The summed E-state index contributed by atoms with van der Waals surface area (Å²) in [6, 6.07) is 2.09. The predicted molar refractivity (Wildman–Crippen MR) is 53.8 cm³/mol. The van der Waals surface area contributed by atoms with E-state index in [4.69, 9.17) is 0 Å². The van der Waals surface area contributed by atoms with Gasteiger partial charge >= 0.3 is 0 Å². The van der Waals surface area contributed by atoms with E-state index in [-0.39, 0.29) is 0 Å². The number of hydrogen-bond acceptors (Lipinski definition) is 5. The summed E-state index contributed by atoms with van der Waals surface area (Å²) in [4.78, 5) is 8.02. The number of pyridine rings is 1. The van der Waals surface area contributed by atoms with E-state index < -0.39 is 0 Å². The van der Waals surface area contributed by atoms with Crippen LogP contribution in [0.4, 0.5) is 0 Å². The molecule has 1 N–H and O–H groups in total. The van der Waals surface area contributed by atoms with Gasteiger partial charge in [-0.2, -0.15) is 4.98 Å². The Kier molecular flexibility index (Phi) is 3.04. The van der Waals surface area contributed by atoms with Gasteiger partial charge in [0.2, 0.25) is 6.39 Å². The highest BCUT2D eigenvalue weighted by Gasteiger charge is 1.98. The van der Waals surface area contributed by atoms with E-state index in [0.717, 1.165) is 17.7 Å². The van der Waals surface area contributed by atoms with Gasteiger partial charge in [0.25, 0.3) is 0 Å². The monoisotopic (exact) mass is 204 g/mol. The third-order valence-electron chi connectivity index (χ3n) is 1.95. The SMILES string of the molecule is Cc1cncc(CNCc2ncon2)c1. The first-order chi connectivity index (χ1) is 7.34. The molecule has 0 amide bonds. The van der Waals surface area contributed by atoms with Crippen molar-refractivity contribution >= 4 is 0 Å². The average Bonchev–Trinajstić information content (AvgIpc) is 2.71. The number of rotatable bonds is 4. The van der Waals surface area contributed by atoms with E-state index in [1.54, 1.807) is 0 Å². The molecule has 0 spiro atoms. The van der Waals surface area contributed by atoms with Crippen molar-refractivity contribution in [3.63, 3.8) is 0 Å². The third kappa shape index (κ3) is 2.85. The molecular weight excluding hydrogens is 192 g/mol. The Morgan fingerprint density at radius 3 is 3.00 bits per heavy atom. The van der Waals surface area contributed by atoms with Crippen LogP contribution in [0, 0.1) is 6.92 Å². The Hall–Kier alpha value is -1.75. The molecule has 2 aromatic heterocycles. The van der Waals surface area contributed by atoms with Gasteiger partial charge in [0.05, 0.1) is 6.54 Å². The molecule has 0 saturated heterocycles. The summed E-state index contributed by atoms with van der Waals surface area (Å²) in [6.45, 7) is 3.38. The second kappa shape index (κ2) is 4.65. The van der Waals surface area contributed by atoms with Gasteiger partial charge in [-0.1, -0.05) is 11.2 Å². The lowest BCUT2D eigenvalue weighted by atomic mass is 10.2. The summed E-state index contributed by atoms with van der Waals surface area (Å²) in [5, 5.41) is 6.91. The maximum atomic E-state index is 4.62. The molecule has 5 nitrogen and oxygen atoms in total.